The molecule has 4 rings (SSSR count). The number of nitrogens with zero attached hydrogens (tertiary/aromatic N) is 1. The highest BCUT2D eigenvalue weighted by Gasteiger charge is 2.37. The number of carbonyl (C=O) groups is 1. The largest absolute Gasteiger partial charge is 0.493 e. The smallest absolute Gasteiger partial charge is 0.416 e. The molecule has 12 heteroatoms. The zero-order chi connectivity index (χ0) is 24.0. The number of methoxy groups -OCH3 is 1. The number of fused-ring (bicyclic) bond motifs is 1. The quantitative estimate of drug-likeness (QED) is 0.477. The molecule has 1 aliphatic heterocycles. The van der Waals surface area contributed by atoms with Gasteiger partial charge >= 0.3 is 12.4 Å². The highest BCUT2D eigenvalue weighted by molar-refractivity contribution is 5.94. The van der Waals surface area contributed by atoms with Crippen molar-refractivity contribution in [3.05, 3.63) is 64.8 Å². The molecule has 6 nitrogen and oxygen atoms in total. The van der Waals surface area contributed by atoms with E-state index >= 15 is 0 Å². The number of H-pyrrole nitrogens is 1. The van der Waals surface area contributed by atoms with E-state index in [-0.39, 0.29) is 35.8 Å². The van der Waals surface area contributed by atoms with E-state index in [9.17, 15) is 31.1 Å². The molecular weight excluding hydrogens is 456 g/mol. The van der Waals surface area contributed by atoms with Crippen LogP contribution in [0.5, 0.6) is 17.2 Å². The first-order valence-electron chi connectivity index (χ1n) is 9.44. The van der Waals surface area contributed by atoms with Crippen LogP contribution in [0.3, 0.4) is 0 Å². The van der Waals surface area contributed by atoms with Gasteiger partial charge < -0.3 is 14.8 Å². The van der Waals surface area contributed by atoms with E-state index in [0.717, 1.165) is 5.56 Å². The van der Waals surface area contributed by atoms with Crippen molar-refractivity contribution in [2.24, 2.45) is 0 Å². The summed E-state index contributed by atoms with van der Waals surface area (Å²) in [6.07, 6.45) is -8.27. The van der Waals surface area contributed by atoms with E-state index in [2.05, 4.69) is 15.5 Å². The van der Waals surface area contributed by atoms with E-state index in [1.807, 2.05) is 0 Å². The van der Waals surface area contributed by atoms with Crippen LogP contribution < -0.4 is 14.8 Å². The second-order valence-corrected chi connectivity index (χ2v) is 7.25. The Labute approximate surface area is 182 Å². The molecule has 0 saturated heterocycles. The van der Waals surface area contributed by atoms with Gasteiger partial charge in [0.25, 0.3) is 0 Å². The van der Waals surface area contributed by atoms with Crippen molar-refractivity contribution >= 4 is 11.7 Å². The van der Waals surface area contributed by atoms with Crippen molar-refractivity contribution in [3.8, 4) is 17.2 Å². The molecule has 1 aliphatic rings. The number of ether oxygens (including phenoxy) is 2. The maximum absolute atomic E-state index is 13.1. The lowest BCUT2D eigenvalue weighted by Crippen LogP contribution is -2.23. The maximum Gasteiger partial charge on any atom is 0.416 e. The summed E-state index contributed by atoms with van der Waals surface area (Å²) in [6, 6.07) is 5.39. The summed E-state index contributed by atoms with van der Waals surface area (Å²) < 4.78 is 89.3. The molecule has 3 aromatic rings. The molecular formula is C21H15F6N3O3. The summed E-state index contributed by atoms with van der Waals surface area (Å²) in [6.45, 7) is 0. The fraction of sp³-hybridized carbons (Fsp3) is 0.238. The van der Waals surface area contributed by atoms with Gasteiger partial charge in [-0.1, -0.05) is 6.07 Å². The van der Waals surface area contributed by atoms with Crippen molar-refractivity contribution in [2.45, 2.75) is 24.7 Å². The highest BCUT2D eigenvalue weighted by Crippen LogP contribution is 2.42. The Morgan fingerprint density at radius 2 is 1.64 bits per heavy atom. The summed E-state index contributed by atoms with van der Waals surface area (Å²) >= 11 is 0. The molecule has 1 aromatic heterocycles. The number of anilines is 1. The van der Waals surface area contributed by atoms with Gasteiger partial charge in [0.15, 0.2) is 17.3 Å². The standard InChI is InChI=1S/C21H15F6N3O3/c1-32-17-4-10(14-8-18(31)29-19-15(14)9-28-30-19)2-3-16(17)33-13-6-11(20(22,23)24)5-12(7-13)21(25,26)27/h2-7,9,14H,8H2,1H3,(H2,28,29,30,31). The zero-order valence-corrected chi connectivity index (χ0v) is 16.8. The predicted octanol–water partition coefficient (Wildman–Crippen LogP) is 5.72. The molecule has 0 bridgehead atoms. The van der Waals surface area contributed by atoms with Gasteiger partial charge in [-0.2, -0.15) is 31.4 Å². The number of hydrogen-bond acceptors (Lipinski definition) is 4. The number of nitrogens with one attached hydrogen (secondary N) is 2. The predicted molar refractivity (Wildman–Crippen MR) is 103 cm³/mol. The van der Waals surface area contributed by atoms with E-state index in [1.165, 1.54) is 19.2 Å². The first-order valence-corrected chi connectivity index (χ1v) is 9.44. The van der Waals surface area contributed by atoms with Crippen molar-refractivity contribution in [1.82, 2.24) is 10.2 Å². The van der Waals surface area contributed by atoms with Crippen LogP contribution in [0.1, 0.15) is 34.6 Å². The summed E-state index contributed by atoms with van der Waals surface area (Å²) in [5.41, 5.74) is -1.65. The van der Waals surface area contributed by atoms with Crippen LogP contribution in [0, 0.1) is 0 Å². The summed E-state index contributed by atoms with van der Waals surface area (Å²) in [4.78, 5) is 12.0. The number of aromatic nitrogens is 2. The van der Waals surface area contributed by atoms with E-state index in [1.54, 1.807) is 12.3 Å². The molecule has 0 radical (unpaired) electrons. The van der Waals surface area contributed by atoms with Crippen molar-refractivity contribution in [1.29, 1.82) is 0 Å². The molecule has 174 valence electrons. The van der Waals surface area contributed by atoms with Gasteiger partial charge in [-0.25, -0.2) is 0 Å². The minimum Gasteiger partial charge on any atom is -0.493 e. The number of aromatic amines is 1. The Balaban J connectivity index is 1.70. The van der Waals surface area contributed by atoms with Crippen LogP contribution in [0.25, 0.3) is 0 Å². The van der Waals surface area contributed by atoms with Crippen LogP contribution in [0.2, 0.25) is 0 Å². The number of amides is 1. The van der Waals surface area contributed by atoms with Crippen molar-refractivity contribution in [3.63, 3.8) is 0 Å². The molecule has 1 amide bonds. The number of hydrogen-bond donors (Lipinski definition) is 2. The SMILES string of the molecule is COc1cc(C2CC(=O)Nc3n[nH]cc32)ccc1Oc1cc(C(F)(F)F)cc(C(F)(F)F)c1. The Hall–Kier alpha value is -3.70. The summed E-state index contributed by atoms with van der Waals surface area (Å²) in [5, 5.41) is 9.25. The lowest BCUT2D eigenvalue weighted by Gasteiger charge is -2.23. The molecule has 0 saturated carbocycles. The molecule has 1 unspecified atom stereocenters. The average molecular weight is 471 g/mol. The van der Waals surface area contributed by atoms with Crippen LogP contribution in [-0.2, 0) is 17.1 Å². The summed E-state index contributed by atoms with van der Waals surface area (Å²) in [5.74, 6) is -0.962. The maximum atomic E-state index is 13.1. The highest BCUT2D eigenvalue weighted by atomic mass is 19.4. The number of halogens is 6. The third-order valence-electron chi connectivity index (χ3n) is 5.07. The molecule has 2 heterocycles. The van der Waals surface area contributed by atoms with Crippen LogP contribution in [0.4, 0.5) is 32.2 Å². The number of alkyl halides is 6. The van der Waals surface area contributed by atoms with Crippen molar-refractivity contribution in [2.75, 3.05) is 12.4 Å². The fourth-order valence-corrected chi connectivity index (χ4v) is 3.54. The van der Waals surface area contributed by atoms with Gasteiger partial charge in [-0.3, -0.25) is 9.89 Å². The van der Waals surface area contributed by atoms with Crippen LogP contribution in [-0.4, -0.2) is 23.2 Å². The molecule has 1 atom stereocenters. The Morgan fingerprint density at radius 1 is 0.970 bits per heavy atom. The number of rotatable bonds is 4. The van der Waals surface area contributed by atoms with E-state index in [4.69, 9.17) is 9.47 Å². The minimum atomic E-state index is -5.00. The molecule has 0 aliphatic carbocycles. The third kappa shape index (κ3) is 4.59. The zero-order valence-electron chi connectivity index (χ0n) is 16.8. The second kappa shape index (κ2) is 8.01. The molecule has 0 spiro atoms. The van der Waals surface area contributed by atoms with Crippen LogP contribution >= 0.6 is 0 Å². The van der Waals surface area contributed by atoms with Gasteiger partial charge in [0, 0.05) is 24.1 Å². The first kappa shape index (κ1) is 22.5. The monoisotopic (exact) mass is 471 g/mol. The molecule has 2 aromatic carbocycles. The Kier molecular flexibility index (Phi) is 5.46. The minimum absolute atomic E-state index is 0.0177. The van der Waals surface area contributed by atoms with Gasteiger partial charge in [0.1, 0.15) is 5.75 Å². The van der Waals surface area contributed by atoms with Gasteiger partial charge in [0.2, 0.25) is 5.91 Å². The lowest BCUT2D eigenvalue weighted by atomic mass is 9.87. The molecule has 2 N–H and O–H groups in total. The molecule has 33 heavy (non-hydrogen) atoms. The topological polar surface area (TPSA) is 76.2 Å². The Bertz CT molecular complexity index is 1170. The fourth-order valence-electron chi connectivity index (χ4n) is 3.54. The average Bonchev–Trinajstić information content (AvgIpc) is 3.20. The van der Waals surface area contributed by atoms with Gasteiger partial charge in [0.05, 0.1) is 18.2 Å². The van der Waals surface area contributed by atoms with Gasteiger partial charge in [-0.05, 0) is 35.9 Å². The first-order chi connectivity index (χ1) is 15.5. The van der Waals surface area contributed by atoms with Gasteiger partial charge in [-0.15, -0.1) is 0 Å². The summed E-state index contributed by atoms with van der Waals surface area (Å²) in [7, 11) is 1.27. The molecule has 0 fully saturated rings. The van der Waals surface area contributed by atoms with Crippen LogP contribution in [0.15, 0.2) is 42.6 Å². The number of carbonyl (C=O) groups excluding carboxylic acids is 1. The number of benzene rings is 2. The lowest BCUT2D eigenvalue weighted by molar-refractivity contribution is -0.143. The Morgan fingerprint density at radius 3 is 2.24 bits per heavy atom. The normalized spacial score (nSPS) is 16.2. The van der Waals surface area contributed by atoms with Crippen molar-refractivity contribution < 1.29 is 40.6 Å². The third-order valence-corrected chi connectivity index (χ3v) is 5.07. The van der Waals surface area contributed by atoms with E-state index < -0.39 is 29.2 Å². The van der Waals surface area contributed by atoms with E-state index in [0.29, 0.717) is 23.5 Å². The second-order valence-electron chi connectivity index (χ2n) is 7.25.